The van der Waals surface area contributed by atoms with Crippen LogP contribution < -0.4 is 4.74 Å². The van der Waals surface area contributed by atoms with Gasteiger partial charge in [-0.05, 0) is 53.1 Å². The van der Waals surface area contributed by atoms with Gasteiger partial charge in [0.25, 0.3) is 0 Å². The largest absolute Gasteiger partial charge is 0.508 e. The second kappa shape index (κ2) is 4.99. The number of carbonyl (C=O) groups excluding carboxylic acids is 1. The van der Waals surface area contributed by atoms with Crippen molar-refractivity contribution in [2.75, 3.05) is 0 Å². The van der Waals surface area contributed by atoms with Gasteiger partial charge in [0.2, 0.25) is 5.78 Å². The lowest BCUT2D eigenvalue weighted by atomic mass is 10.0. The van der Waals surface area contributed by atoms with E-state index in [1.807, 2.05) is 49.4 Å². The van der Waals surface area contributed by atoms with E-state index in [2.05, 4.69) is 0 Å². The van der Waals surface area contributed by atoms with Crippen LogP contribution >= 0.6 is 0 Å². The monoisotopic (exact) mass is 302 g/mol. The van der Waals surface area contributed by atoms with Crippen LogP contribution in [0.5, 0.6) is 11.5 Å². The Morgan fingerprint density at radius 1 is 1.04 bits per heavy atom. The smallest absolute Gasteiger partial charge is 0.232 e. The highest BCUT2D eigenvalue weighted by Crippen LogP contribution is 2.37. The fourth-order valence-corrected chi connectivity index (χ4v) is 2.87. The molecular weight excluding hydrogens is 288 g/mol. The number of phenolic OH excluding ortho intramolecular Hbond substituents is 1. The first-order valence-corrected chi connectivity index (χ1v) is 7.39. The molecule has 4 rings (SSSR count). The van der Waals surface area contributed by atoms with E-state index in [9.17, 15) is 9.90 Å². The normalized spacial score (nSPS) is 15.0. The number of aryl methyl sites for hydroxylation is 1. The molecule has 1 heterocycles. The molecule has 0 saturated heterocycles. The van der Waals surface area contributed by atoms with Gasteiger partial charge in [-0.1, -0.05) is 36.4 Å². The Kier molecular flexibility index (Phi) is 2.95. The summed E-state index contributed by atoms with van der Waals surface area (Å²) in [6, 6.07) is 16.8. The zero-order valence-electron chi connectivity index (χ0n) is 12.5. The van der Waals surface area contributed by atoms with E-state index in [0.29, 0.717) is 17.1 Å². The van der Waals surface area contributed by atoms with Crippen LogP contribution in [0.2, 0.25) is 0 Å². The van der Waals surface area contributed by atoms with E-state index in [4.69, 9.17) is 4.74 Å². The van der Waals surface area contributed by atoms with E-state index in [1.54, 1.807) is 18.2 Å². The van der Waals surface area contributed by atoms with Crippen LogP contribution in [0.1, 0.15) is 21.5 Å². The van der Waals surface area contributed by atoms with Gasteiger partial charge in [-0.15, -0.1) is 0 Å². The van der Waals surface area contributed by atoms with Gasteiger partial charge in [-0.2, -0.15) is 0 Å². The number of fused-ring (bicyclic) bond motifs is 3. The summed E-state index contributed by atoms with van der Waals surface area (Å²) >= 11 is 0. The van der Waals surface area contributed by atoms with E-state index in [1.165, 1.54) is 0 Å². The third kappa shape index (κ3) is 2.18. The molecular formula is C20H14O3. The molecule has 0 atom stereocenters. The maximum absolute atomic E-state index is 12.7. The van der Waals surface area contributed by atoms with E-state index in [-0.39, 0.29) is 11.5 Å². The zero-order chi connectivity index (χ0) is 16.0. The van der Waals surface area contributed by atoms with Gasteiger partial charge < -0.3 is 9.84 Å². The lowest BCUT2D eigenvalue weighted by Crippen LogP contribution is -1.98. The molecule has 1 N–H and O–H groups in total. The van der Waals surface area contributed by atoms with Gasteiger partial charge in [-0.25, -0.2) is 0 Å². The molecule has 112 valence electrons. The minimum absolute atomic E-state index is 0.109. The van der Waals surface area contributed by atoms with Crippen molar-refractivity contribution in [3.63, 3.8) is 0 Å². The van der Waals surface area contributed by atoms with Crippen LogP contribution in [0.4, 0.5) is 0 Å². The topological polar surface area (TPSA) is 46.5 Å². The second-order valence-corrected chi connectivity index (χ2v) is 5.65. The highest BCUT2D eigenvalue weighted by molar-refractivity contribution is 6.21. The lowest BCUT2D eigenvalue weighted by Gasteiger charge is -2.02. The Morgan fingerprint density at radius 2 is 1.87 bits per heavy atom. The van der Waals surface area contributed by atoms with Gasteiger partial charge >= 0.3 is 0 Å². The van der Waals surface area contributed by atoms with Crippen LogP contribution in [0.25, 0.3) is 16.8 Å². The van der Waals surface area contributed by atoms with Crippen molar-refractivity contribution in [3.8, 4) is 11.5 Å². The summed E-state index contributed by atoms with van der Waals surface area (Å²) in [6.07, 6.45) is 1.71. The number of aromatic hydroxyl groups is 1. The molecule has 0 fully saturated rings. The van der Waals surface area contributed by atoms with Crippen LogP contribution in [0.15, 0.2) is 60.4 Å². The third-order valence-electron chi connectivity index (χ3n) is 4.08. The van der Waals surface area contributed by atoms with Crippen molar-refractivity contribution in [1.82, 2.24) is 0 Å². The zero-order valence-corrected chi connectivity index (χ0v) is 12.5. The minimum atomic E-state index is -0.109. The van der Waals surface area contributed by atoms with E-state index >= 15 is 0 Å². The number of carbonyl (C=O) groups is 1. The minimum Gasteiger partial charge on any atom is -0.508 e. The summed E-state index contributed by atoms with van der Waals surface area (Å²) in [7, 11) is 0. The fraction of sp³-hybridized carbons (Fsp3) is 0.0500. The van der Waals surface area contributed by atoms with Crippen molar-refractivity contribution < 1.29 is 14.6 Å². The average Bonchev–Trinajstić information content (AvgIpc) is 2.87. The lowest BCUT2D eigenvalue weighted by molar-refractivity contribution is 0.101. The molecule has 0 amide bonds. The number of benzene rings is 3. The molecule has 0 saturated carbocycles. The van der Waals surface area contributed by atoms with Crippen molar-refractivity contribution in [2.24, 2.45) is 0 Å². The summed E-state index contributed by atoms with van der Waals surface area (Å²) in [5.41, 5.74) is 2.19. The van der Waals surface area contributed by atoms with Gasteiger partial charge in [0.05, 0.1) is 5.56 Å². The highest BCUT2D eigenvalue weighted by Gasteiger charge is 2.29. The molecule has 0 bridgehead atoms. The van der Waals surface area contributed by atoms with Crippen molar-refractivity contribution in [1.29, 1.82) is 0 Å². The number of hydrogen-bond acceptors (Lipinski definition) is 3. The Labute approximate surface area is 133 Å². The summed E-state index contributed by atoms with van der Waals surface area (Å²) in [6.45, 7) is 1.82. The molecule has 0 spiro atoms. The van der Waals surface area contributed by atoms with Crippen LogP contribution in [-0.4, -0.2) is 10.9 Å². The summed E-state index contributed by atoms with van der Waals surface area (Å²) in [5, 5.41) is 11.5. The maximum Gasteiger partial charge on any atom is 0.232 e. The van der Waals surface area contributed by atoms with Gasteiger partial charge in [0.1, 0.15) is 11.5 Å². The van der Waals surface area contributed by atoms with Gasteiger partial charge in [-0.3, -0.25) is 4.79 Å². The van der Waals surface area contributed by atoms with E-state index in [0.717, 1.165) is 21.9 Å². The van der Waals surface area contributed by atoms with Crippen LogP contribution in [0.3, 0.4) is 0 Å². The molecule has 3 nitrogen and oxygen atoms in total. The maximum atomic E-state index is 12.7. The van der Waals surface area contributed by atoms with Gasteiger partial charge in [0.15, 0.2) is 5.76 Å². The first kappa shape index (κ1) is 13.6. The molecule has 0 unspecified atom stereocenters. The number of ether oxygens (including phenoxy) is 1. The molecule has 0 radical (unpaired) electrons. The first-order valence-electron chi connectivity index (χ1n) is 7.39. The molecule has 1 aliphatic rings. The predicted octanol–water partition coefficient (Wildman–Crippen LogP) is 4.47. The molecule has 3 aromatic carbocycles. The first-order chi connectivity index (χ1) is 11.1. The Hall–Kier alpha value is -3.07. The van der Waals surface area contributed by atoms with Crippen LogP contribution in [0, 0.1) is 6.92 Å². The SMILES string of the molecule is Cc1cc(C=C2Oc3ccc4ccccc4c3C2=O)ccc1O. The summed E-state index contributed by atoms with van der Waals surface area (Å²) < 4.78 is 5.75. The van der Waals surface area contributed by atoms with E-state index < -0.39 is 0 Å². The predicted molar refractivity (Wildman–Crippen MR) is 89.7 cm³/mol. The molecule has 3 heteroatoms. The number of hydrogen-bond donors (Lipinski definition) is 1. The molecule has 0 aromatic heterocycles. The van der Waals surface area contributed by atoms with Crippen molar-refractivity contribution >= 4 is 22.6 Å². The number of phenols is 1. The summed E-state index contributed by atoms with van der Waals surface area (Å²) in [4.78, 5) is 12.7. The molecule has 3 aromatic rings. The average molecular weight is 302 g/mol. The van der Waals surface area contributed by atoms with Crippen molar-refractivity contribution in [2.45, 2.75) is 6.92 Å². The van der Waals surface area contributed by atoms with Crippen LogP contribution in [-0.2, 0) is 0 Å². The summed E-state index contributed by atoms with van der Waals surface area (Å²) in [5.74, 6) is 1.03. The van der Waals surface area contributed by atoms with Crippen molar-refractivity contribution in [3.05, 3.63) is 77.0 Å². The number of allylic oxidation sites excluding steroid dienone is 1. The number of Topliss-reactive ketones (excluding diaryl/α,β-unsaturated/α-hetero) is 1. The Bertz CT molecular complexity index is 983. The second-order valence-electron chi connectivity index (χ2n) is 5.65. The Balaban J connectivity index is 1.81. The Morgan fingerprint density at radius 3 is 2.70 bits per heavy atom. The quantitative estimate of drug-likeness (QED) is 0.675. The standard InChI is InChI=1S/C20H14O3/c1-12-10-13(6-8-16(12)21)11-18-20(22)19-15-5-3-2-4-14(15)7-9-17(19)23-18/h2-11,21H,1H3. The highest BCUT2D eigenvalue weighted by atomic mass is 16.5. The fourth-order valence-electron chi connectivity index (χ4n) is 2.87. The van der Waals surface area contributed by atoms with Gasteiger partial charge in [0, 0.05) is 0 Å². The molecule has 0 aliphatic carbocycles. The molecule has 23 heavy (non-hydrogen) atoms. The molecule has 1 aliphatic heterocycles. The number of rotatable bonds is 1. The third-order valence-corrected chi connectivity index (χ3v) is 4.08. The number of ketones is 1.